The van der Waals surface area contributed by atoms with Crippen LogP contribution in [0.4, 0.5) is 0 Å². The molecule has 2 N–H and O–H groups in total. The molecule has 0 aliphatic rings. The fourth-order valence-corrected chi connectivity index (χ4v) is 3.30. The highest BCUT2D eigenvalue weighted by molar-refractivity contribution is 9.10. The van der Waals surface area contributed by atoms with Crippen LogP contribution in [0.5, 0.6) is 0 Å². The van der Waals surface area contributed by atoms with Crippen molar-refractivity contribution >= 4 is 27.7 Å². The Labute approximate surface area is 123 Å². The van der Waals surface area contributed by atoms with Crippen molar-refractivity contribution in [3.63, 3.8) is 0 Å². The molecule has 0 fully saturated rings. The van der Waals surface area contributed by atoms with Gasteiger partial charge >= 0.3 is 0 Å². The third-order valence-electron chi connectivity index (χ3n) is 2.69. The summed E-state index contributed by atoms with van der Waals surface area (Å²) in [4.78, 5) is 0. The number of rotatable bonds is 7. The van der Waals surface area contributed by atoms with E-state index in [-0.39, 0.29) is 6.04 Å². The Morgan fingerprint density at radius 1 is 1.39 bits per heavy atom. The Kier molecular flexibility index (Phi) is 6.74. The lowest BCUT2D eigenvalue weighted by Gasteiger charge is -2.13. The molecule has 1 aromatic rings. The van der Waals surface area contributed by atoms with Gasteiger partial charge in [0.2, 0.25) is 0 Å². The van der Waals surface area contributed by atoms with E-state index in [0.717, 1.165) is 34.8 Å². The summed E-state index contributed by atoms with van der Waals surface area (Å²) in [5.41, 5.74) is 8.49. The molecule has 1 unspecified atom stereocenters. The summed E-state index contributed by atoms with van der Waals surface area (Å²) in [6.07, 6.45) is 0.889. The highest BCUT2D eigenvalue weighted by Crippen LogP contribution is 2.22. The van der Waals surface area contributed by atoms with Crippen molar-refractivity contribution in [1.29, 1.82) is 0 Å². The first-order valence-corrected chi connectivity index (χ1v) is 8.45. The van der Waals surface area contributed by atoms with Crippen LogP contribution in [0.25, 0.3) is 0 Å². The summed E-state index contributed by atoms with van der Waals surface area (Å²) >= 11 is 5.56. The second-order valence-electron chi connectivity index (χ2n) is 5.06. The van der Waals surface area contributed by atoms with Crippen LogP contribution < -0.4 is 5.73 Å². The lowest BCUT2D eigenvalue weighted by molar-refractivity contribution is 0.593. The van der Waals surface area contributed by atoms with Crippen LogP contribution in [0.15, 0.2) is 4.47 Å². The molecule has 0 aliphatic heterocycles. The molecule has 0 amide bonds. The summed E-state index contributed by atoms with van der Waals surface area (Å²) in [6.45, 7) is 9.52. The number of thioether (sulfide) groups is 1. The molecule has 0 aliphatic carbocycles. The summed E-state index contributed by atoms with van der Waals surface area (Å²) in [5, 5.41) is 4.50. The standard InChI is InChI=1S/C13H24BrN3S/c1-5-17-12(13(14)10(4)16-17)6-11(15)8-18-7-9(2)3/h9,11H,5-8,15H2,1-4H3. The van der Waals surface area contributed by atoms with Crippen LogP contribution in [0.2, 0.25) is 0 Å². The summed E-state index contributed by atoms with van der Waals surface area (Å²) in [6, 6.07) is 0.200. The predicted molar refractivity (Wildman–Crippen MR) is 84.2 cm³/mol. The van der Waals surface area contributed by atoms with Crippen molar-refractivity contribution < 1.29 is 0 Å². The van der Waals surface area contributed by atoms with E-state index in [4.69, 9.17) is 5.73 Å². The average molecular weight is 334 g/mol. The molecule has 0 saturated carbocycles. The minimum Gasteiger partial charge on any atom is -0.327 e. The fourth-order valence-electron chi connectivity index (χ4n) is 1.83. The molecule has 0 radical (unpaired) electrons. The van der Waals surface area contributed by atoms with E-state index in [1.54, 1.807) is 0 Å². The second-order valence-corrected chi connectivity index (χ2v) is 6.93. The smallest absolute Gasteiger partial charge is 0.0738 e. The summed E-state index contributed by atoms with van der Waals surface area (Å²) in [5.74, 6) is 2.93. The summed E-state index contributed by atoms with van der Waals surface area (Å²) < 4.78 is 3.17. The molecule has 3 nitrogen and oxygen atoms in total. The molecule has 1 rings (SSSR count). The lowest BCUT2D eigenvalue weighted by Crippen LogP contribution is -2.27. The van der Waals surface area contributed by atoms with Crippen molar-refractivity contribution in [1.82, 2.24) is 9.78 Å². The van der Waals surface area contributed by atoms with Gasteiger partial charge in [0.25, 0.3) is 0 Å². The number of nitrogens with two attached hydrogens (primary N) is 1. The van der Waals surface area contributed by atoms with Crippen molar-refractivity contribution in [3.8, 4) is 0 Å². The second kappa shape index (κ2) is 7.56. The van der Waals surface area contributed by atoms with Gasteiger partial charge in [-0.25, -0.2) is 0 Å². The third kappa shape index (κ3) is 4.59. The van der Waals surface area contributed by atoms with E-state index in [9.17, 15) is 0 Å². The van der Waals surface area contributed by atoms with E-state index in [2.05, 4.69) is 41.8 Å². The maximum Gasteiger partial charge on any atom is 0.0738 e. The van der Waals surface area contributed by atoms with Gasteiger partial charge in [-0.15, -0.1) is 0 Å². The zero-order valence-corrected chi connectivity index (χ0v) is 14.1. The van der Waals surface area contributed by atoms with Gasteiger partial charge in [-0.3, -0.25) is 4.68 Å². The minimum atomic E-state index is 0.200. The van der Waals surface area contributed by atoms with E-state index >= 15 is 0 Å². The summed E-state index contributed by atoms with van der Waals surface area (Å²) in [7, 11) is 0. The number of nitrogens with zero attached hydrogens (tertiary/aromatic N) is 2. The van der Waals surface area contributed by atoms with Gasteiger partial charge in [0.15, 0.2) is 0 Å². The number of hydrogen-bond acceptors (Lipinski definition) is 3. The first kappa shape index (κ1) is 16.1. The van der Waals surface area contributed by atoms with Crippen LogP contribution in [0.1, 0.15) is 32.2 Å². The zero-order valence-electron chi connectivity index (χ0n) is 11.7. The SMILES string of the molecule is CCn1nc(C)c(Br)c1CC(N)CSCC(C)C. The van der Waals surface area contributed by atoms with Gasteiger partial charge in [0, 0.05) is 24.8 Å². The highest BCUT2D eigenvalue weighted by atomic mass is 79.9. The monoisotopic (exact) mass is 333 g/mol. The molecule has 1 heterocycles. The first-order valence-electron chi connectivity index (χ1n) is 6.50. The molecule has 0 saturated heterocycles. The molecule has 5 heteroatoms. The topological polar surface area (TPSA) is 43.8 Å². The molecular formula is C13H24BrN3S. The van der Waals surface area contributed by atoms with E-state index < -0.39 is 0 Å². The average Bonchev–Trinajstić information content (AvgIpc) is 2.56. The first-order chi connectivity index (χ1) is 8.45. The predicted octanol–water partition coefficient (Wildman–Crippen LogP) is 3.23. The highest BCUT2D eigenvalue weighted by Gasteiger charge is 2.15. The van der Waals surface area contributed by atoms with Crippen LogP contribution in [0, 0.1) is 12.8 Å². The maximum atomic E-state index is 6.21. The van der Waals surface area contributed by atoms with Crippen molar-refractivity contribution in [2.24, 2.45) is 11.7 Å². The van der Waals surface area contributed by atoms with Crippen molar-refractivity contribution in [2.45, 2.75) is 46.7 Å². The molecular weight excluding hydrogens is 310 g/mol. The number of halogens is 1. The number of aromatic nitrogens is 2. The molecule has 104 valence electrons. The number of hydrogen-bond donors (Lipinski definition) is 1. The Hall–Kier alpha value is -0.0000000000000000555. The van der Waals surface area contributed by atoms with Crippen LogP contribution in [0.3, 0.4) is 0 Å². The quantitative estimate of drug-likeness (QED) is 0.833. The Bertz CT molecular complexity index is 377. The normalized spacial score (nSPS) is 13.3. The molecule has 0 bridgehead atoms. The van der Waals surface area contributed by atoms with E-state index in [1.165, 1.54) is 11.4 Å². The van der Waals surface area contributed by atoms with Gasteiger partial charge in [0.05, 0.1) is 15.9 Å². The van der Waals surface area contributed by atoms with Gasteiger partial charge < -0.3 is 5.73 Å². The van der Waals surface area contributed by atoms with Crippen molar-refractivity contribution in [3.05, 3.63) is 15.9 Å². The van der Waals surface area contributed by atoms with E-state index in [0.29, 0.717) is 0 Å². The van der Waals surface area contributed by atoms with Gasteiger partial charge in [0.1, 0.15) is 0 Å². The zero-order chi connectivity index (χ0) is 13.7. The Balaban J connectivity index is 2.55. The van der Waals surface area contributed by atoms with Crippen LogP contribution in [-0.2, 0) is 13.0 Å². The fraction of sp³-hybridized carbons (Fsp3) is 0.769. The van der Waals surface area contributed by atoms with Crippen molar-refractivity contribution in [2.75, 3.05) is 11.5 Å². The molecule has 18 heavy (non-hydrogen) atoms. The third-order valence-corrected chi connectivity index (χ3v) is 5.29. The van der Waals surface area contributed by atoms with Crippen LogP contribution >= 0.6 is 27.7 Å². The van der Waals surface area contributed by atoms with Gasteiger partial charge in [-0.1, -0.05) is 13.8 Å². The van der Waals surface area contributed by atoms with Gasteiger partial charge in [-0.2, -0.15) is 16.9 Å². The Morgan fingerprint density at radius 3 is 2.61 bits per heavy atom. The lowest BCUT2D eigenvalue weighted by atomic mass is 10.2. The molecule has 1 aromatic heterocycles. The van der Waals surface area contributed by atoms with E-state index in [1.807, 2.05) is 23.4 Å². The largest absolute Gasteiger partial charge is 0.327 e. The Morgan fingerprint density at radius 2 is 2.06 bits per heavy atom. The molecule has 0 spiro atoms. The number of aryl methyl sites for hydroxylation is 2. The molecule has 1 atom stereocenters. The molecule has 0 aromatic carbocycles. The maximum absolute atomic E-state index is 6.21. The van der Waals surface area contributed by atoms with Gasteiger partial charge in [-0.05, 0) is 41.4 Å². The minimum absolute atomic E-state index is 0.200. The van der Waals surface area contributed by atoms with Crippen LogP contribution in [-0.4, -0.2) is 27.3 Å².